The molecule has 2 rings (SSSR count). The Morgan fingerprint density at radius 3 is 2.42 bits per heavy atom. The summed E-state index contributed by atoms with van der Waals surface area (Å²) < 4.78 is 61.0. The molecule has 1 aromatic carbocycles. The SMILES string of the molecule is CC(C)(C)NS(=O)(=O)c1cccc2c1OC(F)(F)O2. The van der Waals surface area contributed by atoms with Crippen LogP contribution in [0.15, 0.2) is 23.1 Å². The average Bonchev–Trinajstić information content (AvgIpc) is 2.46. The molecule has 0 aliphatic carbocycles. The number of ether oxygens (including phenoxy) is 2. The highest BCUT2D eigenvalue weighted by atomic mass is 32.2. The quantitative estimate of drug-likeness (QED) is 0.906. The molecule has 0 fully saturated rings. The molecule has 5 nitrogen and oxygen atoms in total. The van der Waals surface area contributed by atoms with Gasteiger partial charge in [-0.3, -0.25) is 0 Å². The van der Waals surface area contributed by atoms with Crippen molar-refractivity contribution in [2.45, 2.75) is 37.5 Å². The van der Waals surface area contributed by atoms with Gasteiger partial charge in [0.05, 0.1) is 0 Å². The predicted molar refractivity (Wildman–Crippen MR) is 62.7 cm³/mol. The van der Waals surface area contributed by atoms with E-state index in [1.165, 1.54) is 18.2 Å². The predicted octanol–water partition coefficient (Wildman–Crippen LogP) is 2.08. The van der Waals surface area contributed by atoms with E-state index in [2.05, 4.69) is 14.2 Å². The highest BCUT2D eigenvalue weighted by molar-refractivity contribution is 7.89. The van der Waals surface area contributed by atoms with Crippen LogP contribution in [0, 0.1) is 0 Å². The van der Waals surface area contributed by atoms with Crippen LogP contribution in [0.1, 0.15) is 20.8 Å². The zero-order chi connectivity index (χ0) is 14.5. The summed E-state index contributed by atoms with van der Waals surface area (Å²) in [5, 5.41) is 0. The molecule has 8 heteroatoms. The molecule has 106 valence electrons. The van der Waals surface area contributed by atoms with Crippen LogP contribution in [0.5, 0.6) is 11.5 Å². The van der Waals surface area contributed by atoms with Gasteiger partial charge in [0.15, 0.2) is 11.5 Å². The molecule has 1 heterocycles. The van der Waals surface area contributed by atoms with Crippen molar-refractivity contribution in [3.63, 3.8) is 0 Å². The highest BCUT2D eigenvalue weighted by Gasteiger charge is 2.46. The number of nitrogens with one attached hydrogen (secondary N) is 1. The van der Waals surface area contributed by atoms with Gasteiger partial charge in [0.2, 0.25) is 10.0 Å². The molecular weight excluding hydrogens is 280 g/mol. The summed E-state index contributed by atoms with van der Waals surface area (Å²) in [6, 6.07) is 3.70. The lowest BCUT2D eigenvalue weighted by atomic mass is 10.1. The van der Waals surface area contributed by atoms with E-state index in [9.17, 15) is 17.2 Å². The second kappa shape index (κ2) is 4.04. The molecule has 1 aromatic rings. The minimum atomic E-state index is -3.98. The molecule has 19 heavy (non-hydrogen) atoms. The molecule has 0 unspecified atom stereocenters. The zero-order valence-electron chi connectivity index (χ0n) is 10.5. The van der Waals surface area contributed by atoms with Crippen molar-refractivity contribution in [3.8, 4) is 11.5 Å². The van der Waals surface area contributed by atoms with Crippen molar-refractivity contribution >= 4 is 10.0 Å². The van der Waals surface area contributed by atoms with E-state index in [1.54, 1.807) is 20.8 Å². The maximum Gasteiger partial charge on any atom is 0.586 e. The Bertz CT molecular complexity index is 608. The van der Waals surface area contributed by atoms with E-state index >= 15 is 0 Å². The molecule has 0 amide bonds. The van der Waals surface area contributed by atoms with E-state index in [4.69, 9.17) is 0 Å². The van der Waals surface area contributed by atoms with Crippen LogP contribution < -0.4 is 14.2 Å². The van der Waals surface area contributed by atoms with Crippen LogP contribution >= 0.6 is 0 Å². The van der Waals surface area contributed by atoms with Crippen LogP contribution in [0.4, 0.5) is 8.78 Å². The van der Waals surface area contributed by atoms with Gasteiger partial charge in [0.1, 0.15) is 4.90 Å². The van der Waals surface area contributed by atoms with Crippen molar-refractivity contribution < 1.29 is 26.7 Å². The van der Waals surface area contributed by atoms with Gasteiger partial charge in [-0.25, -0.2) is 13.1 Å². The molecule has 1 N–H and O–H groups in total. The van der Waals surface area contributed by atoms with Gasteiger partial charge < -0.3 is 9.47 Å². The number of halogens is 2. The van der Waals surface area contributed by atoms with Gasteiger partial charge in [-0.2, -0.15) is 0 Å². The van der Waals surface area contributed by atoms with Crippen LogP contribution in [0.25, 0.3) is 0 Å². The van der Waals surface area contributed by atoms with Crippen LogP contribution in [0.3, 0.4) is 0 Å². The Balaban J connectivity index is 2.47. The molecule has 0 bridgehead atoms. The van der Waals surface area contributed by atoms with Gasteiger partial charge in [0, 0.05) is 5.54 Å². The third-order valence-electron chi connectivity index (χ3n) is 2.12. The van der Waals surface area contributed by atoms with Crippen LogP contribution in [-0.4, -0.2) is 20.3 Å². The number of benzene rings is 1. The topological polar surface area (TPSA) is 64.6 Å². The Morgan fingerprint density at radius 1 is 1.21 bits per heavy atom. The Kier molecular flexibility index (Phi) is 2.98. The highest BCUT2D eigenvalue weighted by Crippen LogP contribution is 2.44. The Hall–Kier alpha value is -1.41. The number of hydrogen-bond donors (Lipinski definition) is 1. The minimum absolute atomic E-state index is 0.304. The van der Waals surface area contributed by atoms with Crippen LogP contribution in [0.2, 0.25) is 0 Å². The monoisotopic (exact) mass is 293 g/mol. The number of fused-ring (bicyclic) bond motifs is 1. The summed E-state index contributed by atoms with van der Waals surface area (Å²) in [6.07, 6.45) is -3.85. The number of rotatable bonds is 2. The third-order valence-corrected chi connectivity index (χ3v) is 3.90. The largest absolute Gasteiger partial charge is 0.586 e. The molecule has 0 aromatic heterocycles. The van der Waals surface area contributed by atoms with E-state index in [-0.39, 0.29) is 10.6 Å². The van der Waals surface area contributed by atoms with E-state index < -0.39 is 27.6 Å². The van der Waals surface area contributed by atoms with Crippen molar-refractivity contribution in [2.75, 3.05) is 0 Å². The maximum absolute atomic E-state index is 13.0. The van der Waals surface area contributed by atoms with Crippen LogP contribution in [-0.2, 0) is 10.0 Å². The zero-order valence-corrected chi connectivity index (χ0v) is 11.3. The summed E-state index contributed by atoms with van der Waals surface area (Å²) in [5.41, 5.74) is -0.746. The van der Waals surface area contributed by atoms with E-state index in [0.717, 1.165) is 0 Å². The fourth-order valence-electron chi connectivity index (χ4n) is 1.61. The summed E-state index contributed by atoms with van der Waals surface area (Å²) >= 11 is 0. The smallest absolute Gasteiger partial charge is 0.395 e. The first kappa shape index (κ1) is 14.0. The Morgan fingerprint density at radius 2 is 1.84 bits per heavy atom. The van der Waals surface area contributed by atoms with E-state index in [0.29, 0.717) is 0 Å². The van der Waals surface area contributed by atoms with Gasteiger partial charge in [-0.05, 0) is 32.9 Å². The summed E-state index contributed by atoms with van der Waals surface area (Å²) in [7, 11) is -3.98. The fraction of sp³-hybridized carbons (Fsp3) is 0.455. The first-order chi connectivity index (χ1) is 8.50. The Labute approximate surface area is 109 Å². The van der Waals surface area contributed by atoms with Gasteiger partial charge >= 0.3 is 6.29 Å². The molecule has 0 atom stereocenters. The van der Waals surface area contributed by atoms with Gasteiger partial charge in [-0.15, -0.1) is 8.78 Å². The standard InChI is InChI=1S/C11H13F2NO4S/c1-10(2,3)14-19(15,16)8-6-4-5-7-9(8)18-11(12,13)17-7/h4-6,14H,1-3H3. The fourth-order valence-corrected chi connectivity index (χ4v) is 3.17. The number of para-hydroxylation sites is 1. The number of sulfonamides is 1. The van der Waals surface area contributed by atoms with Gasteiger partial charge in [0.25, 0.3) is 0 Å². The number of hydrogen-bond acceptors (Lipinski definition) is 4. The first-order valence-corrected chi connectivity index (χ1v) is 6.91. The van der Waals surface area contributed by atoms with Crippen molar-refractivity contribution in [3.05, 3.63) is 18.2 Å². The second-order valence-corrected chi connectivity index (χ2v) is 6.76. The molecule has 1 aliphatic heterocycles. The summed E-state index contributed by atoms with van der Waals surface area (Å²) in [4.78, 5) is -0.378. The number of alkyl halides is 2. The lowest BCUT2D eigenvalue weighted by molar-refractivity contribution is -0.287. The lowest BCUT2D eigenvalue weighted by Gasteiger charge is -2.20. The normalized spacial score (nSPS) is 17.5. The maximum atomic E-state index is 13.0. The first-order valence-electron chi connectivity index (χ1n) is 5.43. The molecule has 0 spiro atoms. The van der Waals surface area contributed by atoms with Crippen molar-refractivity contribution in [1.82, 2.24) is 4.72 Å². The van der Waals surface area contributed by atoms with Crippen molar-refractivity contribution in [1.29, 1.82) is 0 Å². The second-order valence-electron chi connectivity index (χ2n) is 5.11. The molecule has 1 aliphatic rings. The average molecular weight is 293 g/mol. The lowest BCUT2D eigenvalue weighted by Crippen LogP contribution is -2.40. The van der Waals surface area contributed by atoms with Gasteiger partial charge in [-0.1, -0.05) is 6.07 Å². The molecule has 0 saturated carbocycles. The molecule has 0 saturated heterocycles. The minimum Gasteiger partial charge on any atom is -0.395 e. The third kappa shape index (κ3) is 2.95. The summed E-state index contributed by atoms with van der Waals surface area (Å²) in [6.45, 7) is 4.92. The molecular formula is C11H13F2NO4S. The van der Waals surface area contributed by atoms with Crippen molar-refractivity contribution in [2.24, 2.45) is 0 Å². The molecule has 0 radical (unpaired) electrons. The summed E-state index contributed by atoms with van der Waals surface area (Å²) in [5.74, 6) is -0.786. The van der Waals surface area contributed by atoms with E-state index in [1.807, 2.05) is 0 Å².